The molecule has 1 aromatic heterocycles. The van der Waals surface area contributed by atoms with Gasteiger partial charge in [-0.3, -0.25) is 9.59 Å². The van der Waals surface area contributed by atoms with E-state index >= 15 is 0 Å². The van der Waals surface area contributed by atoms with Gasteiger partial charge in [-0.25, -0.2) is 9.88 Å². The van der Waals surface area contributed by atoms with Crippen LogP contribution in [-0.4, -0.2) is 16.8 Å². The largest absolute Gasteiger partial charge is 0.274 e. The predicted octanol–water partition coefficient (Wildman–Crippen LogP) is 4.16. The summed E-state index contributed by atoms with van der Waals surface area (Å²) in [7, 11) is 0. The maximum Gasteiger partial charge on any atom is 0.235 e. The number of nitrogens with zero attached hydrogens (tertiary/aromatic N) is 2. The van der Waals surface area contributed by atoms with Gasteiger partial charge >= 0.3 is 0 Å². The summed E-state index contributed by atoms with van der Waals surface area (Å²) in [6, 6.07) is 17.6. The Kier molecular flexibility index (Phi) is 3.80. The van der Waals surface area contributed by atoms with Gasteiger partial charge in [-0.1, -0.05) is 54.6 Å². The number of hydrogen-bond acceptors (Lipinski definition) is 3. The molecule has 1 aliphatic heterocycles. The van der Waals surface area contributed by atoms with Crippen LogP contribution in [0.1, 0.15) is 12.8 Å². The summed E-state index contributed by atoms with van der Waals surface area (Å²) in [5.74, 6) is 0.0770. The number of fused-ring (bicyclic) bond motifs is 1. The van der Waals surface area contributed by atoms with E-state index in [4.69, 9.17) is 4.98 Å². The molecule has 4 nitrogen and oxygen atoms in total. The smallest absolute Gasteiger partial charge is 0.235 e. The zero-order valence-electron chi connectivity index (χ0n) is 12.7. The third-order valence-electron chi connectivity index (χ3n) is 4.14. The molecule has 0 radical (unpaired) electrons. The van der Waals surface area contributed by atoms with Gasteiger partial charge in [0, 0.05) is 32.7 Å². The third kappa shape index (κ3) is 2.39. The molecule has 5 heteroatoms. The molecule has 0 atom stereocenters. The Morgan fingerprint density at radius 3 is 2.08 bits per heavy atom. The highest BCUT2D eigenvalue weighted by atomic mass is 127. The zero-order valence-corrected chi connectivity index (χ0v) is 14.9. The van der Waals surface area contributed by atoms with Crippen LogP contribution in [0.25, 0.3) is 22.0 Å². The van der Waals surface area contributed by atoms with Crippen LogP contribution in [0, 0.1) is 3.57 Å². The van der Waals surface area contributed by atoms with E-state index in [1.54, 1.807) is 0 Å². The molecule has 2 heterocycles. The van der Waals surface area contributed by atoms with Gasteiger partial charge in [-0.2, -0.15) is 0 Å². The molecule has 3 aromatic rings. The second-order valence-corrected chi connectivity index (χ2v) is 6.71. The quantitative estimate of drug-likeness (QED) is 0.455. The normalized spacial score (nSPS) is 14.6. The van der Waals surface area contributed by atoms with Gasteiger partial charge in [0.2, 0.25) is 11.8 Å². The average molecular weight is 428 g/mol. The van der Waals surface area contributed by atoms with Gasteiger partial charge in [-0.15, -0.1) is 0 Å². The molecule has 0 aliphatic carbocycles. The van der Waals surface area contributed by atoms with Crippen molar-refractivity contribution in [1.82, 2.24) is 4.98 Å². The summed E-state index contributed by atoms with van der Waals surface area (Å²) in [5.41, 5.74) is 1.75. The predicted molar refractivity (Wildman–Crippen MR) is 102 cm³/mol. The summed E-state index contributed by atoms with van der Waals surface area (Å²) in [4.78, 5) is 30.4. The van der Waals surface area contributed by atoms with Crippen molar-refractivity contribution in [2.45, 2.75) is 12.8 Å². The molecule has 0 spiro atoms. The van der Waals surface area contributed by atoms with Crippen LogP contribution in [0.3, 0.4) is 0 Å². The van der Waals surface area contributed by atoms with E-state index in [1.807, 2.05) is 54.6 Å². The topological polar surface area (TPSA) is 50.3 Å². The van der Waals surface area contributed by atoms with Crippen LogP contribution < -0.4 is 4.90 Å². The van der Waals surface area contributed by atoms with Gasteiger partial charge in [0.1, 0.15) is 0 Å². The van der Waals surface area contributed by atoms with Gasteiger partial charge < -0.3 is 0 Å². The first-order chi connectivity index (χ1) is 11.7. The molecule has 2 aromatic carbocycles. The standard InChI is InChI=1S/C19H13IN2O2/c20-17-13-8-4-5-9-14(13)19(22-15(23)10-11-16(22)24)21-18(17)12-6-2-1-3-7-12/h1-9H,10-11H2. The average Bonchev–Trinajstić information content (AvgIpc) is 2.95. The van der Waals surface area contributed by atoms with Crippen molar-refractivity contribution in [3.63, 3.8) is 0 Å². The Hall–Kier alpha value is -2.28. The van der Waals surface area contributed by atoms with E-state index in [0.717, 1.165) is 25.6 Å². The zero-order chi connectivity index (χ0) is 16.7. The number of pyridine rings is 1. The van der Waals surface area contributed by atoms with Crippen LogP contribution in [0.2, 0.25) is 0 Å². The summed E-state index contributed by atoms with van der Waals surface area (Å²) >= 11 is 2.28. The van der Waals surface area contributed by atoms with E-state index in [0.29, 0.717) is 5.82 Å². The number of benzene rings is 2. The monoisotopic (exact) mass is 428 g/mol. The highest BCUT2D eigenvalue weighted by Crippen LogP contribution is 2.36. The van der Waals surface area contributed by atoms with Crippen molar-refractivity contribution in [1.29, 1.82) is 0 Å². The molecule has 24 heavy (non-hydrogen) atoms. The molecule has 0 bridgehead atoms. The van der Waals surface area contributed by atoms with Crippen LogP contribution in [0.15, 0.2) is 54.6 Å². The number of rotatable bonds is 2. The molecule has 4 rings (SSSR count). The number of aromatic nitrogens is 1. The Balaban J connectivity index is 2.04. The maximum atomic E-state index is 12.2. The Morgan fingerprint density at radius 2 is 1.42 bits per heavy atom. The molecule has 1 aliphatic rings. The first kappa shape index (κ1) is 15.3. The van der Waals surface area contributed by atoms with Crippen LogP contribution in [-0.2, 0) is 9.59 Å². The van der Waals surface area contributed by atoms with Crippen LogP contribution in [0.4, 0.5) is 5.82 Å². The maximum absolute atomic E-state index is 12.2. The fourth-order valence-electron chi connectivity index (χ4n) is 2.98. The first-order valence-electron chi connectivity index (χ1n) is 7.66. The highest BCUT2D eigenvalue weighted by molar-refractivity contribution is 14.1. The van der Waals surface area contributed by atoms with E-state index in [1.165, 1.54) is 4.90 Å². The van der Waals surface area contributed by atoms with Gasteiger partial charge in [0.25, 0.3) is 0 Å². The molecular formula is C19H13IN2O2. The van der Waals surface area contributed by atoms with Gasteiger partial charge in [0.15, 0.2) is 5.82 Å². The van der Waals surface area contributed by atoms with Crippen LogP contribution in [0.5, 0.6) is 0 Å². The number of carbonyl (C=O) groups is 2. The third-order valence-corrected chi connectivity index (χ3v) is 5.23. The summed E-state index contributed by atoms with van der Waals surface area (Å²) in [6.07, 6.45) is 0.503. The van der Waals surface area contributed by atoms with Crippen molar-refractivity contribution < 1.29 is 9.59 Å². The number of amides is 2. The molecule has 0 saturated carbocycles. The minimum Gasteiger partial charge on any atom is -0.274 e. The Labute approximate surface area is 152 Å². The highest BCUT2D eigenvalue weighted by Gasteiger charge is 2.33. The molecule has 0 unspecified atom stereocenters. The summed E-state index contributed by atoms with van der Waals surface area (Å²) in [6.45, 7) is 0. The Bertz CT molecular complexity index is 954. The van der Waals surface area contributed by atoms with E-state index in [2.05, 4.69) is 22.6 Å². The lowest BCUT2D eigenvalue weighted by Gasteiger charge is -2.18. The minimum atomic E-state index is -0.183. The number of anilines is 1. The van der Waals surface area contributed by atoms with E-state index < -0.39 is 0 Å². The minimum absolute atomic E-state index is 0.183. The molecular weight excluding hydrogens is 415 g/mol. The van der Waals surface area contributed by atoms with Crippen molar-refractivity contribution in [3.05, 3.63) is 58.2 Å². The molecule has 2 amide bonds. The number of imide groups is 1. The lowest BCUT2D eigenvalue weighted by molar-refractivity contribution is -0.121. The van der Waals surface area contributed by atoms with Crippen molar-refractivity contribution in [3.8, 4) is 11.3 Å². The molecule has 1 saturated heterocycles. The number of carbonyl (C=O) groups excluding carboxylic acids is 2. The van der Waals surface area contributed by atoms with Gasteiger partial charge in [0.05, 0.1) is 5.69 Å². The number of halogens is 1. The van der Waals surface area contributed by atoms with Crippen molar-refractivity contribution in [2.24, 2.45) is 0 Å². The van der Waals surface area contributed by atoms with E-state index in [-0.39, 0.29) is 24.7 Å². The van der Waals surface area contributed by atoms with Crippen molar-refractivity contribution >= 4 is 51.0 Å². The second-order valence-electron chi connectivity index (χ2n) is 5.63. The molecule has 1 fully saturated rings. The lowest BCUT2D eigenvalue weighted by Crippen LogP contribution is -2.30. The van der Waals surface area contributed by atoms with E-state index in [9.17, 15) is 9.59 Å². The molecule has 118 valence electrons. The lowest BCUT2D eigenvalue weighted by atomic mass is 10.1. The first-order valence-corrected chi connectivity index (χ1v) is 8.74. The number of hydrogen-bond donors (Lipinski definition) is 0. The van der Waals surface area contributed by atoms with Gasteiger partial charge in [-0.05, 0) is 22.6 Å². The fraction of sp³-hybridized carbons (Fsp3) is 0.105. The fourth-order valence-corrected chi connectivity index (χ4v) is 3.89. The molecule has 0 N–H and O–H groups in total. The summed E-state index contributed by atoms with van der Waals surface area (Å²) < 4.78 is 1.01. The van der Waals surface area contributed by atoms with Crippen molar-refractivity contribution in [2.75, 3.05) is 4.90 Å². The second kappa shape index (κ2) is 5.98. The SMILES string of the molecule is O=C1CCC(=O)N1c1nc(-c2ccccc2)c(I)c2ccccc12. The summed E-state index contributed by atoms with van der Waals surface area (Å²) in [5, 5.41) is 1.82. The Morgan fingerprint density at radius 1 is 0.833 bits per heavy atom. The van der Waals surface area contributed by atoms with Crippen LogP contribution >= 0.6 is 22.6 Å².